The average Bonchev–Trinajstić information content (AvgIpc) is 3.13. The first-order chi connectivity index (χ1) is 11.8. The number of piperidine rings is 1. The van der Waals surface area contributed by atoms with E-state index in [2.05, 4.69) is 25.0 Å². The lowest BCUT2D eigenvalue weighted by atomic mass is 10.1. The van der Waals surface area contributed by atoms with Gasteiger partial charge in [0.25, 0.3) is 5.89 Å². The lowest BCUT2D eigenvalue weighted by Crippen LogP contribution is -2.38. The molecule has 0 bridgehead atoms. The van der Waals surface area contributed by atoms with Gasteiger partial charge in [0, 0.05) is 37.2 Å². The number of pyridine rings is 2. The maximum Gasteiger partial charge on any atom is 0.259 e. The molecule has 4 heterocycles. The number of aliphatic hydroxyl groups excluding tert-OH is 1. The molecule has 24 heavy (non-hydrogen) atoms. The second-order valence-corrected chi connectivity index (χ2v) is 5.81. The molecule has 3 aromatic heterocycles. The minimum Gasteiger partial charge on any atom is -0.391 e. The van der Waals surface area contributed by atoms with Crippen molar-refractivity contribution in [2.45, 2.75) is 18.9 Å². The Labute approximate surface area is 139 Å². The Hall–Kier alpha value is -2.80. The summed E-state index contributed by atoms with van der Waals surface area (Å²) in [6.07, 6.45) is 6.66. The molecule has 1 unspecified atom stereocenters. The molecule has 7 heteroatoms. The van der Waals surface area contributed by atoms with Crippen molar-refractivity contribution in [3.63, 3.8) is 0 Å². The summed E-state index contributed by atoms with van der Waals surface area (Å²) in [4.78, 5) is 15.0. The molecule has 0 radical (unpaired) electrons. The molecule has 1 atom stereocenters. The van der Waals surface area contributed by atoms with Gasteiger partial charge < -0.3 is 14.5 Å². The minimum atomic E-state index is -0.279. The van der Waals surface area contributed by atoms with E-state index in [0.29, 0.717) is 18.3 Å². The van der Waals surface area contributed by atoms with Crippen LogP contribution in [0.4, 0.5) is 5.82 Å². The molecule has 0 aromatic carbocycles. The van der Waals surface area contributed by atoms with Crippen molar-refractivity contribution in [1.82, 2.24) is 20.1 Å². The van der Waals surface area contributed by atoms with Crippen molar-refractivity contribution < 1.29 is 9.63 Å². The van der Waals surface area contributed by atoms with Gasteiger partial charge in [0.15, 0.2) is 0 Å². The van der Waals surface area contributed by atoms with Crippen LogP contribution < -0.4 is 4.90 Å². The van der Waals surface area contributed by atoms with E-state index in [-0.39, 0.29) is 6.10 Å². The predicted octanol–water partition coefficient (Wildman–Crippen LogP) is 2.15. The van der Waals surface area contributed by atoms with E-state index in [0.717, 1.165) is 36.3 Å². The highest BCUT2D eigenvalue weighted by Crippen LogP contribution is 2.24. The number of aromatic nitrogens is 4. The van der Waals surface area contributed by atoms with Crippen LogP contribution in [0.15, 0.2) is 47.4 Å². The molecule has 1 fully saturated rings. The summed E-state index contributed by atoms with van der Waals surface area (Å²) in [6.45, 7) is 1.53. The van der Waals surface area contributed by atoms with Crippen LogP contribution in [0.1, 0.15) is 12.8 Å². The Kier molecular flexibility index (Phi) is 3.92. The molecule has 0 saturated carbocycles. The lowest BCUT2D eigenvalue weighted by Gasteiger charge is -2.30. The first kappa shape index (κ1) is 14.8. The summed E-state index contributed by atoms with van der Waals surface area (Å²) in [7, 11) is 0. The molecule has 4 rings (SSSR count). The normalized spacial score (nSPS) is 17.9. The van der Waals surface area contributed by atoms with E-state index < -0.39 is 0 Å². The van der Waals surface area contributed by atoms with Crippen LogP contribution in [0, 0.1) is 0 Å². The summed E-state index contributed by atoms with van der Waals surface area (Å²) in [5, 5.41) is 13.8. The van der Waals surface area contributed by atoms with E-state index in [1.807, 2.05) is 24.3 Å². The molecular formula is C17H17N5O2. The van der Waals surface area contributed by atoms with E-state index >= 15 is 0 Å². The van der Waals surface area contributed by atoms with Gasteiger partial charge in [-0.05, 0) is 37.1 Å². The van der Waals surface area contributed by atoms with Crippen LogP contribution in [0.25, 0.3) is 22.8 Å². The van der Waals surface area contributed by atoms with Gasteiger partial charge in [-0.1, -0.05) is 5.16 Å². The third kappa shape index (κ3) is 2.98. The van der Waals surface area contributed by atoms with Gasteiger partial charge in [-0.3, -0.25) is 4.98 Å². The minimum absolute atomic E-state index is 0.279. The number of β-amino-alcohol motifs (C(OH)–C–C–N with tert-alkyl or cyclic N) is 1. The quantitative estimate of drug-likeness (QED) is 0.790. The van der Waals surface area contributed by atoms with Gasteiger partial charge in [0.2, 0.25) is 5.82 Å². The monoisotopic (exact) mass is 323 g/mol. The van der Waals surface area contributed by atoms with Crippen LogP contribution in [0.2, 0.25) is 0 Å². The molecule has 0 aliphatic carbocycles. The molecule has 122 valence electrons. The molecular weight excluding hydrogens is 306 g/mol. The fourth-order valence-electron chi connectivity index (χ4n) is 2.82. The molecule has 7 nitrogen and oxygen atoms in total. The number of hydrogen-bond acceptors (Lipinski definition) is 7. The highest BCUT2D eigenvalue weighted by atomic mass is 16.5. The Bertz CT molecular complexity index is 803. The smallest absolute Gasteiger partial charge is 0.259 e. The number of anilines is 1. The number of aliphatic hydroxyl groups is 1. The standard InChI is InChI=1S/C17H17N5O2/c23-14-4-2-8-22(11-14)15-6-5-13(10-19-15)17-20-16(21-24-17)12-3-1-7-18-9-12/h1,3,5-7,9-10,14,23H,2,4,8,11H2. The Morgan fingerprint density at radius 3 is 2.88 bits per heavy atom. The van der Waals surface area contributed by atoms with Crippen molar-refractivity contribution >= 4 is 5.82 Å². The van der Waals surface area contributed by atoms with Gasteiger partial charge in [0.1, 0.15) is 5.82 Å². The van der Waals surface area contributed by atoms with E-state index in [9.17, 15) is 5.11 Å². The molecule has 3 aromatic rings. The van der Waals surface area contributed by atoms with Crippen molar-refractivity contribution in [3.8, 4) is 22.8 Å². The summed E-state index contributed by atoms with van der Waals surface area (Å²) >= 11 is 0. The molecule has 1 N–H and O–H groups in total. The second-order valence-electron chi connectivity index (χ2n) is 5.81. The Balaban J connectivity index is 1.54. The van der Waals surface area contributed by atoms with Gasteiger partial charge in [-0.25, -0.2) is 4.98 Å². The zero-order valence-corrected chi connectivity index (χ0v) is 13.0. The van der Waals surface area contributed by atoms with Crippen molar-refractivity contribution in [2.24, 2.45) is 0 Å². The highest BCUT2D eigenvalue weighted by molar-refractivity contribution is 5.59. The number of nitrogens with zero attached hydrogens (tertiary/aromatic N) is 5. The predicted molar refractivity (Wildman–Crippen MR) is 88.2 cm³/mol. The Morgan fingerprint density at radius 2 is 2.12 bits per heavy atom. The molecule has 0 amide bonds. The van der Waals surface area contributed by atoms with Crippen molar-refractivity contribution in [3.05, 3.63) is 42.9 Å². The molecule has 1 aliphatic heterocycles. The first-order valence-electron chi connectivity index (χ1n) is 7.93. The molecule has 1 aliphatic rings. The second kappa shape index (κ2) is 6.37. The zero-order valence-electron chi connectivity index (χ0n) is 13.0. The van der Waals surface area contributed by atoms with Crippen LogP contribution in [-0.4, -0.2) is 44.4 Å². The zero-order chi connectivity index (χ0) is 16.4. The highest BCUT2D eigenvalue weighted by Gasteiger charge is 2.19. The lowest BCUT2D eigenvalue weighted by molar-refractivity contribution is 0.154. The maximum atomic E-state index is 9.78. The van der Waals surface area contributed by atoms with Crippen molar-refractivity contribution in [1.29, 1.82) is 0 Å². The Morgan fingerprint density at radius 1 is 1.17 bits per heavy atom. The van der Waals surface area contributed by atoms with E-state index in [4.69, 9.17) is 4.52 Å². The van der Waals surface area contributed by atoms with Crippen molar-refractivity contribution in [2.75, 3.05) is 18.0 Å². The summed E-state index contributed by atoms with van der Waals surface area (Å²) in [5.74, 6) is 1.78. The van der Waals surface area contributed by atoms with Gasteiger partial charge >= 0.3 is 0 Å². The largest absolute Gasteiger partial charge is 0.391 e. The van der Waals surface area contributed by atoms with Gasteiger partial charge in [-0.2, -0.15) is 4.98 Å². The molecule has 0 spiro atoms. The van der Waals surface area contributed by atoms with Crippen LogP contribution in [0.5, 0.6) is 0 Å². The van der Waals surface area contributed by atoms with E-state index in [1.54, 1.807) is 18.6 Å². The first-order valence-corrected chi connectivity index (χ1v) is 7.93. The van der Waals surface area contributed by atoms with Crippen LogP contribution in [0.3, 0.4) is 0 Å². The maximum absolute atomic E-state index is 9.78. The molecule has 1 saturated heterocycles. The topological polar surface area (TPSA) is 88.2 Å². The number of rotatable bonds is 3. The average molecular weight is 323 g/mol. The fourth-order valence-corrected chi connectivity index (χ4v) is 2.82. The number of hydrogen-bond donors (Lipinski definition) is 1. The summed E-state index contributed by atoms with van der Waals surface area (Å²) in [6, 6.07) is 7.53. The van der Waals surface area contributed by atoms with E-state index in [1.165, 1.54) is 0 Å². The fraction of sp³-hybridized carbons (Fsp3) is 0.294. The third-order valence-corrected chi connectivity index (χ3v) is 4.06. The summed E-state index contributed by atoms with van der Waals surface area (Å²) in [5.41, 5.74) is 1.57. The van der Waals surface area contributed by atoms with Gasteiger partial charge in [0.05, 0.1) is 11.7 Å². The third-order valence-electron chi connectivity index (χ3n) is 4.06. The van der Waals surface area contributed by atoms with Crippen LogP contribution >= 0.6 is 0 Å². The SMILES string of the molecule is OC1CCCN(c2ccc(-c3nc(-c4cccnc4)no3)cn2)C1. The van der Waals surface area contributed by atoms with Gasteiger partial charge in [-0.15, -0.1) is 0 Å². The summed E-state index contributed by atoms with van der Waals surface area (Å²) < 4.78 is 5.33. The van der Waals surface area contributed by atoms with Crippen LogP contribution in [-0.2, 0) is 0 Å².